The largest absolute Gasteiger partial charge is 0.497 e. The fourth-order valence-corrected chi connectivity index (χ4v) is 5.87. The second-order valence-corrected chi connectivity index (χ2v) is 12.2. The van der Waals surface area contributed by atoms with Crippen molar-refractivity contribution in [2.45, 2.75) is 38.8 Å². The summed E-state index contributed by atoms with van der Waals surface area (Å²) in [6.07, 6.45) is 1.64. The molecule has 11 heteroatoms. The lowest BCUT2D eigenvalue weighted by Gasteiger charge is -2.32. The van der Waals surface area contributed by atoms with Crippen LogP contribution in [-0.2, 0) is 32.6 Å². The molecule has 0 saturated carbocycles. The minimum absolute atomic E-state index is 0.00585. The second kappa shape index (κ2) is 15.1. The van der Waals surface area contributed by atoms with Gasteiger partial charge in [-0.1, -0.05) is 65.7 Å². The van der Waals surface area contributed by atoms with E-state index in [0.717, 1.165) is 11.8 Å². The number of rotatable bonds is 14. The number of benzene rings is 3. The van der Waals surface area contributed by atoms with Crippen molar-refractivity contribution < 1.29 is 22.7 Å². The lowest BCUT2D eigenvalue weighted by Crippen LogP contribution is -2.50. The van der Waals surface area contributed by atoms with Gasteiger partial charge < -0.3 is 15.0 Å². The van der Waals surface area contributed by atoms with Crippen LogP contribution in [0.1, 0.15) is 30.9 Å². The Kier molecular flexibility index (Phi) is 11.9. The SMILES string of the molecule is CCNC(=O)C(Cc1ccccc1)N(Cc1ccc(Cl)cc1Cl)C(=O)CCCN(c1cccc(OC)c1)S(C)(=O)=O. The number of ether oxygens (including phenoxy) is 1. The van der Waals surface area contributed by atoms with E-state index in [1.165, 1.54) is 16.3 Å². The van der Waals surface area contributed by atoms with Gasteiger partial charge in [-0.05, 0) is 48.7 Å². The number of carbonyl (C=O) groups is 2. The van der Waals surface area contributed by atoms with Crippen molar-refractivity contribution in [2.75, 3.05) is 30.8 Å². The molecule has 8 nitrogen and oxygen atoms in total. The van der Waals surface area contributed by atoms with Crippen LogP contribution in [0.2, 0.25) is 10.0 Å². The molecule has 0 aromatic heterocycles. The molecule has 3 rings (SSSR count). The molecule has 3 aromatic rings. The molecule has 3 aromatic carbocycles. The summed E-state index contributed by atoms with van der Waals surface area (Å²) in [6, 6.07) is 20.4. The van der Waals surface area contributed by atoms with Gasteiger partial charge in [-0.3, -0.25) is 13.9 Å². The van der Waals surface area contributed by atoms with E-state index >= 15 is 0 Å². The first-order valence-corrected chi connectivity index (χ1v) is 15.8. The number of halogens is 2. The molecule has 0 radical (unpaired) electrons. The molecule has 0 aliphatic carbocycles. The molecule has 0 spiro atoms. The monoisotopic (exact) mass is 619 g/mol. The maximum atomic E-state index is 13.8. The van der Waals surface area contributed by atoms with Crippen LogP contribution >= 0.6 is 23.2 Å². The lowest BCUT2D eigenvalue weighted by molar-refractivity contribution is -0.141. The van der Waals surface area contributed by atoms with Crippen LogP contribution in [0.15, 0.2) is 72.8 Å². The maximum absolute atomic E-state index is 13.8. The van der Waals surface area contributed by atoms with E-state index in [0.29, 0.717) is 40.0 Å². The molecule has 2 amide bonds. The third kappa shape index (κ3) is 9.38. The van der Waals surface area contributed by atoms with E-state index in [1.54, 1.807) is 42.5 Å². The van der Waals surface area contributed by atoms with Crippen LogP contribution in [0.25, 0.3) is 0 Å². The van der Waals surface area contributed by atoms with Gasteiger partial charge in [0.15, 0.2) is 0 Å². The Morgan fingerprint density at radius 1 is 1.00 bits per heavy atom. The number of hydrogen-bond acceptors (Lipinski definition) is 5. The van der Waals surface area contributed by atoms with Gasteiger partial charge in [0.25, 0.3) is 0 Å². The first kappa shape index (κ1) is 32.2. The Balaban J connectivity index is 1.89. The fraction of sp³-hybridized carbons (Fsp3) is 0.333. The third-order valence-corrected chi connectivity index (χ3v) is 8.25. The summed E-state index contributed by atoms with van der Waals surface area (Å²) in [7, 11) is -2.13. The fourth-order valence-electron chi connectivity index (χ4n) is 4.45. The van der Waals surface area contributed by atoms with Crippen molar-refractivity contribution >= 4 is 50.7 Å². The standard InChI is InChI=1S/C30H35Cl2N3O5S/c1-4-33-30(37)28(18-22-10-6-5-7-11-22)34(21-23-15-16-24(31)19-27(23)32)29(36)14-9-17-35(41(3,38)39)25-12-8-13-26(20-25)40-2/h5-8,10-13,15-16,19-20,28H,4,9,14,17-18,21H2,1-3H3,(H,33,37). The average Bonchev–Trinajstić information content (AvgIpc) is 2.94. The van der Waals surface area contributed by atoms with Gasteiger partial charge in [0, 0.05) is 48.6 Å². The summed E-state index contributed by atoms with van der Waals surface area (Å²) in [6.45, 7) is 2.36. The molecule has 0 aliphatic rings. The zero-order valence-electron chi connectivity index (χ0n) is 23.3. The van der Waals surface area contributed by atoms with E-state index in [4.69, 9.17) is 27.9 Å². The Bertz CT molecular complexity index is 1440. The number of carbonyl (C=O) groups excluding carboxylic acids is 2. The molecule has 0 fully saturated rings. The van der Waals surface area contributed by atoms with Crippen molar-refractivity contribution in [3.8, 4) is 5.75 Å². The summed E-state index contributed by atoms with van der Waals surface area (Å²) >= 11 is 12.6. The number of nitrogens with zero attached hydrogens (tertiary/aromatic N) is 2. The first-order valence-electron chi connectivity index (χ1n) is 13.2. The van der Waals surface area contributed by atoms with E-state index in [1.807, 2.05) is 37.3 Å². The predicted molar refractivity (Wildman–Crippen MR) is 164 cm³/mol. The first-order chi connectivity index (χ1) is 19.5. The summed E-state index contributed by atoms with van der Waals surface area (Å²) < 4.78 is 31.8. The molecule has 1 unspecified atom stereocenters. The highest BCUT2D eigenvalue weighted by atomic mass is 35.5. The van der Waals surface area contributed by atoms with Crippen LogP contribution in [0, 0.1) is 0 Å². The van der Waals surface area contributed by atoms with Crippen LogP contribution in [0.4, 0.5) is 5.69 Å². The Labute approximate surface area is 252 Å². The zero-order chi connectivity index (χ0) is 30.0. The number of amides is 2. The summed E-state index contributed by atoms with van der Waals surface area (Å²) in [5.74, 6) is -0.0739. The lowest BCUT2D eigenvalue weighted by atomic mass is 10.0. The smallest absolute Gasteiger partial charge is 0.243 e. The molecule has 0 saturated heterocycles. The molecular formula is C30H35Cl2N3O5S. The molecule has 41 heavy (non-hydrogen) atoms. The van der Waals surface area contributed by atoms with Crippen LogP contribution < -0.4 is 14.4 Å². The van der Waals surface area contributed by atoms with E-state index in [-0.39, 0.29) is 37.7 Å². The van der Waals surface area contributed by atoms with Crippen molar-refractivity contribution in [1.29, 1.82) is 0 Å². The van der Waals surface area contributed by atoms with E-state index in [2.05, 4.69) is 5.32 Å². The number of hydrogen-bond donors (Lipinski definition) is 1. The molecule has 1 atom stereocenters. The Morgan fingerprint density at radius 2 is 1.73 bits per heavy atom. The van der Waals surface area contributed by atoms with Gasteiger partial charge in [0.1, 0.15) is 11.8 Å². The molecular weight excluding hydrogens is 585 g/mol. The Morgan fingerprint density at radius 3 is 2.37 bits per heavy atom. The van der Waals surface area contributed by atoms with Crippen molar-refractivity contribution in [3.63, 3.8) is 0 Å². The summed E-state index contributed by atoms with van der Waals surface area (Å²) in [5, 5.41) is 3.69. The quantitative estimate of drug-likeness (QED) is 0.263. The minimum Gasteiger partial charge on any atom is -0.497 e. The highest BCUT2D eigenvalue weighted by Gasteiger charge is 2.30. The average molecular weight is 621 g/mol. The summed E-state index contributed by atoms with van der Waals surface area (Å²) in [5.41, 5.74) is 1.97. The topological polar surface area (TPSA) is 96.0 Å². The maximum Gasteiger partial charge on any atom is 0.243 e. The number of nitrogens with one attached hydrogen (secondary N) is 1. The molecule has 0 bridgehead atoms. The van der Waals surface area contributed by atoms with E-state index < -0.39 is 16.1 Å². The van der Waals surface area contributed by atoms with Gasteiger partial charge in [0.2, 0.25) is 21.8 Å². The normalized spacial score (nSPS) is 11.9. The highest BCUT2D eigenvalue weighted by Crippen LogP contribution is 2.26. The van der Waals surface area contributed by atoms with Crippen molar-refractivity contribution in [1.82, 2.24) is 10.2 Å². The van der Waals surface area contributed by atoms with Gasteiger partial charge >= 0.3 is 0 Å². The third-order valence-electron chi connectivity index (χ3n) is 6.47. The van der Waals surface area contributed by atoms with Crippen LogP contribution in [-0.4, -0.2) is 57.6 Å². The second-order valence-electron chi connectivity index (χ2n) is 9.50. The molecule has 0 heterocycles. The molecule has 0 aliphatic heterocycles. The van der Waals surface area contributed by atoms with Gasteiger partial charge in [-0.15, -0.1) is 0 Å². The van der Waals surface area contributed by atoms with Crippen LogP contribution in [0.3, 0.4) is 0 Å². The van der Waals surface area contributed by atoms with Crippen LogP contribution in [0.5, 0.6) is 5.75 Å². The van der Waals surface area contributed by atoms with Crippen molar-refractivity contribution in [3.05, 3.63) is 94.0 Å². The predicted octanol–water partition coefficient (Wildman–Crippen LogP) is 5.32. The summed E-state index contributed by atoms with van der Waals surface area (Å²) in [4.78, 5) is 28.7. The molecule has 1 N–H and O–H groups in total. The number of anilines is 1. The number of methoxy groups -OCH3 is 1. The van der Waals surface area contributed by atoms with E-state index in [9.17, 15) is 18.0 Å². The molecule has 220 valence electrons. The number of sulfonamides is 1. The van der Waals surface area contributed by atoms with Gasteiger partial charge in [-0.25, -0.2) is 8.42 Å². The Hall–Kier alpha value is -3.27. The number of likely N-dealkylation sites (N-methyl/N-ethyl adjacent to an activating group) is 1. The highest BCUT2D eigenvalue weighted by molar-refractivity contribution is 7.92. The minimum atomic E-state index is -3.64. The zero-order valence-corrected chi connectivity index (χ0v) is 25.7. The van der Waals surface area contributed by atoms with Gasteiger partial charge in [0.05, 0.1) is 19.1 Å². The van der Waals surface area contributed by atoms with Gasteiger partial charge in [-0.2, -0.15) is 0 Å². The van der Waals surface area contributed by atoms with Crippen molar-refractivity contribution in [2.24, 2.45) is 0 Å².